The fraction of sp³-hybridized carbons (Fsp3) is 0. The summed E-state index contributed by atoms with van der Waals surface area (Å²) in [7, 11) is 0. The number of benzene rings is 2. The second kappa shape index (κ2) is 7.19. The molecule has 24 heavy (non-hydrogen) atoms. The lowest BCUT2D eigenvalue weighted by molar-refractivity contribution is 1.14. The smallest absolute Gasteiger partial charge is 0.266 e. The average molecular weight is 317 g/mol. The van der Waals surface area contributed by atoms with Crippen LogP contribution in [-0.4, -0.2) is 15.0 Å². The van der Waals surface area contributed by atoms with Crippen molar-refractivity contribution in [2.24, 2.45) is 0 Å². The minimum absolute atomic E-state index is 0.0249. The Balaban J connectivity index is 0.000000143. The topological polar surface area (TPSA) is 78.6 Å². The highest BCUT2D eigenvalue weighted by molar-refractivity contribution is 5.80. The van der Waals surface area contributed by atoms with Crippen molar-refractivity contribution in [3.63, 3.8) is 0 Å². The van der Waals surface area contributed by atoms with Crippen LogP contribution in [0.2, 0.25) is 0 Å². The number of aromatic nitrogens is 3. The summed E-state index contributed by atoms with van der Waals surface area (Å²) in [6, 6.07) is 19.1. The number of hydrogen-bond acceptors (Lipinski definition) is 3. The summed E-state index contributed by atoms with van der Waals surface area (Å²) in [5.74, 6) is 0. The molecule has 118 valence electrons. The van der Waals surface area contributed by atoms with Crippen molar-refractivity contribution >= 4 is 10.8 Å². The zero-order valence-electron chi connectivity index (χ0n) is 12.8. The Kier molecular flexibility index (Phi) is 4.62. The van der Waals surface area contributed by atoms with Gasteiger partial charge in [0.25, 0.3) is 11.1 Å². The first-order chi connectivity index (χ1) is 11.7. The molecule has 2 aromatic carbocycles. The van der Waals surface area contributed by atoms with Crippen molar-refractivity contribution in [3.8, 4) is 11.3 Å². The third-order valence-corrected chi connectivity index (χ3v) is 3.42. The van der Waals surface area contributed by atoms with E-state index in [2.05, 4.69) is 15.0 Å². The number of hydrogen-bond donors (Lipinski definition) is 2. The molecule has 2 N–H and O–H groups in total. The largest absolute Gasteiger partial charge is 0.329 e. The van der Waals surface area contributed by atoms with Crippen LogP contribution in [0.5, 0.6) is 0 Å². The van der Waals surface area contributed by atoms with Gasteiger partial charge in [0, 0.05) is 23.3 Å². The Morgan fingerprint density at radius 1 is 0.792 bits per heavy atom. The predicted octanol–water partition coefficient (Wildman–Crippen LogP) is 2.97. The van der Waals surface area contributed by atoms with Gasteiger partial charge in [0.05, 0.1) is 11.9 Å². The van der Waals surface area contributed by atoms with Gasteiger partial charge in [0.15, 0.2) is 0 Å². The van der Waals surface area contributed by atoms with Gasteiger partial charge in [-0.15, -0.1) is 0 Å². The third kappa shape index (κ3) is 3.64. The van der Waals surface area contributed by atoms with E-state index < -0.39 is 0 Å². The summed E-state index contributed by atoms with van der Waals surface area (Å²) in [5, 5.41) is 1.73. The minimum atomic E-state index is -0.181. The van der Waals surface area contributed by atoms with E-state index in [1.807, 2.05) is 60.7 Å². The van der Waals surface area contributed by atoms with Crippen LogP contribution in [0, 0.1) is 0 Å². The molecule has 0 saturated heterocycles. The van der Waals surface area contributed by atoms with Crippen LogP contribution in [0.3, 0.4) is 0 Å². The van der Waals surface area contributed by atoms with Crippen LogP contribution >= 0.6 is 0 Å². The standard InChI is InChI=1S/C10H8N2O.C9H7NO/c13-10-7-11-9(6-12-10)8-4-2-1-3-5-8;11-9-8-4-2-1-3-7(8)5-6-10-9/h1-7H,(H,12,13);1-6H,(H,10,11). The highest BCUT2D eigenvalue weighted by Crippen LogP contribution is 2.12. The van der Waals surface area contributed by atoms with E-state index in [4.69, 9.17) is 0 Å². The van der Waals surface area contributed by atoms with E-state index in [9.17, 15) is 9.59 Å². The number of nitrogens with one attached hydrogen (secondary N) is 2. The van der Waals surface area contributed by atoms with Crippen molar-refractivity contribution in [2.45, 2.75) is 0 Å². The van der Waals surface area contributed by atoms with Gasteiger partial charge < -0.3 is 9.97 Å². The second-order valence-corrected chi connectivity index (χ2v) is 5.06. The maximum absolute atomic E-state index is 11.1. The molecule has 0 bridgehead atoms. The summed E-state index contributed by atoms with van der Waals surface area (Å²) in [6.45, 7) is 0. The van der Waals surface area contributed by atoms with Crippen molar-refractivity contribution in [1.29, 1.82) is 0 Å². The van der Waals surface area contributed by atoms with Crippen LogP contribution in [0.15, 0.2) is 88.8 Å². The molecule has 2 heterocycles. The average Bonchev–Trinajstić information content (AvgIpc) is 2.64. The molecule has 0 fully saturated rings. The van der Waals surface area contributed by atoms with E-state index >= 15 is 0 Å². The number of aromatic amines is 2. The Bertz CT molecular complexity index is 1030. The lowest BCUT2D eigenvalue weighted by atomic mass is 10.2. The maximum Gasteiger partial charge on any atom is 0.266 e. The van der Waals surface area contributed by atoms with Gasteiger partial charge in [-0.05, 0) is 17.5 Å². The summed E-state index contributed by atoms with van der Waals surface area (Å²) in [5.41, 5.74) is 1.57. The van der Waals surface area contributed by atoms with E-state index in [1.54, 1.807) is 12.4 Å². The second-order valence-electron chi connectivity index (χ2n) is 5.06. The van der Waals surface area contributed by atoms with Crippen molar-refractivity contribution < 1.29 is 0 Å². The van der Waals surface area contributed by atoms with Gasteiger partial charge >= 0.3 is 0 Å². The van der Waals surface area contributed by atoms with Crippen LogP contribution in [0.4, 0.5) is 0 Å². The maximum atomic E-state index is 11.1. The molecule has 2 aromatic heterocycles. The Morgan fingerprint density at radius 3 is 2.25 bits per heavy atom. The van der Waals surface area contributed by atoms with E-state index in [1.165, 1.54) is 6.20 Å². The van der Waals surface area contributed by atoms with Crippen molar-refractivity contribution in [1.82, 2.24) is 15.0 Å². The van der Waals surface area contributed by atoms with E-state index in [0.29, 0.717) is 0 Å². The molecule has 0 aliphatic rings. The molecular formula is C19H15N3O2. The third-order valence-electron chi connectivity index (χ3n) is 3.42. The Morgan fingerprint density at radius 2 is 1.54 bits per heavy atom. The molecule has 0 atom stereocenters. The van der Waals surface area contributed by atoms with Gasteiger partial charge in [-0.1, -0.05) is 48.5 Å². The number of fused-ring (bicyclic) bond motifs is 1. The lowest BCUT2D eigenvalue weighted by Crippen LogP contribution is -2.04. The van der Waals surface area contributed by atoms with Gasteiger partial charge in [0.1, 0.15) is 0 Å². The molecule has 4 aromatic rings. The van der Waals surface area contributed by atoms with Crippen molar-refractivity contribution in [2.75, 3.05) is 0 Å². The van der Waals surface area contributed by atoms with Gasteiger partial charge in [-0.3, -0.25) is 9.59 Å². The van der Waals surface area contributed by atoms with Crippen LogP contribution < -0.4 is 11.1 Å². The van der Waals surface area contributed by atoms with Gasteiger partial charge in [-0.25, -0.2) is 4.98 Å². The van der Waals surface area contributed by atoms with Crippen LogP contribution in [0.25, 0.3) is 22.0 Å². The first kappa shape index (κ1) is 15.4. The summed E-state index contributed by atoms with van der Waals surface area (Å²) in [6.07, 6.45) is 4.55. The lowest BCUT2D eigenvalue weighted by Gasteiger charge is -1.97. The summed E-state index contributed by atoms with van der Waals surface area (Å²) < 4.78 is 0. The van der Waals surface area contributed by atoms with Crippen molar-refractivity contribution in [3.05, 3.63) is 100.0 Å². The minimum Gasteiger partial charge on any atom is -0.329 e. The highest BCUT2D eigenvalue weighted by atomic mass is 16.1. The number of pyridine rings is 1. The zero-order valence-corrected chi connectivity index (χ0v) is 12.8. The molecule has 0 spiro atoms. The normalized spacial score (nSPS) is 10.0. The molecule has 0 aliphatic heterocycles. The Hall–Kier alpha value is -3.47. The van der Waals surface area contributed by atoms with E-state index in [-0.39, 0.29) is 11.1 Å². The predicted molar refractivity (Wildman–Crippen MR) is 94.9 cm³/mol. The molecule has 0 aliphatic carbocycles. The molecule has 5 nitrogen and oxygen atoms in total. The SMILES string of the molecule is O=c1[nH]ccc2ccccc12.O=c1cnc(-c2ccccc2)c[nH]1. The quantitative estimate of drug-likeness (QED) is 0.566. The van der Waals surface area contributed by atoms with Crippen LogP contribution in [0.1, 0.15) is 0 Å². The first-order valence-corrected chi connectivity index (χ1v) is 7.40. The number of rotatable bonds is 1. The van der Waals surface area contributed by atoms with Gasteiger partial charge in [0.2, 0.25) is 0 Å². The summed E-state index contributed by atoms with van der Waals surface area (Å²) >= 11 is 0. The monoisotopic (exact) mass is 317 g/mol. The van der Waals surface area contributed by atoms with Crippen LogP contribution in [-0.2, 0) is 0 Å². The molecule has 0 radical (unpaired) electrons. The molecule has 0 unspecified atom stereocenters. The molecule has 5 heteroatoms. The summed E-state index contributed by atoms with van der Waals surface area (Å²) in [4.78, 5) is 31.1. The number of H-pyrrole nitrogens is 2. The van der Waals surface area contributed by atoms with E-state index in [0.717, 1.165) is 22.0 Å². The fourth-order valence-electron chi connectivity index (χ4n) is 2.24. The Labute approximate surface area is 137 Å². The first-order valence-electron chi connectivity index (χ1n) is 7.40. The molecule has 0 saturated carbocycles. The highest BCUT2D eigenvalue weighted by Gasteiger charge is 1.96. The fourth-order valence-corrected chi connectivity index (χ4v) is 2.24. The molecule has 0 amide bonds. The van der Waals surface area contributed by atoms with Gasteiger partial charge in [-0.2, -0.15) is 0 Å². The molecule has 4 rings (SSSR count). The zero-order chi connectivity index (χ0) is 16.8. The number of nitrogens with zero attached hydrogens (tertiary/aromatic N) is 1. The molecular weight excluding hydrogens is 302 g/mol.